The van der Waals surface area contributed by atoms with Gasteiger partial charge in [0.15, 0.2) is 8.32 Å². The van der Waals surface area contributed by atoms with Crippen molar-refractivity contribution in [1.82, 2.24) is 0 Å². The fourth-order valence-electron chi connectivity index (χ4n) is 3.37. The Balaban J connectivity index is 2.72. The maximum Gasteiger partial charge on any atom is 0.330 e. The number of carbonyl (C=O) groups is 3. The second-order valence-electron chi connectivity index (χ2n) is 11.6. The van der Waals surface area contributed by atoms with Gasteiger partial charge in [0.05, 0.1) is 26.2 Å². The largest absolute Gasteiger partial charge is 0.497 e. The molecule has 0 aliphatic heterocycles. The fourth-order valence-corrected chi connectivity index (χ4v) is 4.68. The quantitative estimate of drug-likeness (QED) is 0.0687. The first-order valence-electron chi connectivity index (χ1n) is 14.0. The minimum absolute atomic E-state index is 0.113. The Hall–Kier alpha value is -3.21. The molecule has 0 amide bonds. The number of esters is 3. The van der Waals surface area contributed by atoms with Gasteiger partial charge >= 0.3 is 17.9 Å². The van der Waals surface area contributed by atoms with Crippen LogP contribution in [0, 0.1) is 0 Å². The zero-order chi connectivity index (χ0) is 32.1. The van der Waals surface area contributed by atoms with Crippen LogP contribution in [0.4, 0.5) is 0 Å². The summed E-state index contributed by atoms with van der Waals surface area (Å²) in [6, 6.07) is 7.46. The lowest BCUT2D eigenvalue weighted by Gasteiger charge is -2.39. The third-order valence-corrected chi connectivity index (χ3v) is 11.5. The number of carbonyl (C=O) groups excluding carboxylic acids is 3. The van der Waals surface area contributed by atoms with Crippen molar-refractivity contribution in [2.24, 2.45) is 0 Å². The van der Waals surface area contributed by atoms with E-state index in [2.05, 4.69) is 47.0 Å². The summed E-state index contributed by atoms with van der Waals surface area (Å²) in [5.74, 6) is -1.07. The number of ether oxygens (including phenoxy) is 5. The normalized spacial score (nSPS) is 15.5. The van der Waals surface area contributed by atoms with Gasteiger partial charge < -0.3 is 28.1 Å². The van der Waals surface area contributed by atoms with Gasteiger partial charge in [-0.3, -0.25) is 4.79 Å². The molecule has 1 aromatic carbocycles. The van der Waals surface area contributed by atoms with Gasteiger partial charge in [0.25, 0.3) is 0 Å². The summed E-state index contributed by atoms with van der Waals surface area (Å²) in [7, 11) is -0.681. The number of benzene rings is 1. The smallest absolute Gasteiger partial charge is 0.330 e. The molecule has 0 radical (unpaired) electrons. The summed E-state index contributed by atoms with van der Waals surface area (Å²) in [6.45, 7) is 22.9. The highest BCUT2D eigenvalue weighted by molar-refractivity contribution is 6.74. The van der Waals surface area contributed by atoms with Gasteiger partial charge in [-0.2, -0.15) is 0 Å². The predicted octanol–water partition coefficient (Wildman–Crippen LogP) is 6.08. The topological polar surface area (TPSA) is 107 Å². The summed E-state index contributed by atoms with van der Waals surface area (Å²) in [5, 5.41) is -0.113. The van der Waals surface area contributed by atoms with Crippen LogP contribution >= 0.6 is 0 Å². The van der Waals surface area contributed by atoms with E-state index in [4.69, 9.17) is 28.1 Å². The van der Waals surface area contributed by atoms with Crippen LogP contribution in [0.15, 0.2) is 61.7 Å². The van der Waals surface area contributed by atoms with Crippen LogP contribution in [0.1, 0.15) is 53.5 Å². The molecule has 0 unspecified atom stereocenters. The molecular weight excluding hydrogens is 556 g/mol. The van der Waals surface area contributed by atoms with Crippen LogP contribution < -0.4 is 4.74 Å². The van der Waals surface area contributed by atoms with Crippen molar-refractivity contribution in [3.05, 3.63) is 67.3 Å². The van der Waals surface area contributed by atoms with E-state index >= 15 is 0 Å². The van der Waals surface area contributed by atoms with Crippen molar-refractivity contribution in [2.45, 2.75) is 103 Å². The molecular formula is C32H48O9Si. The Morgan fingerprint density at radius 2 is 1.52 bits per heavy atom. The molecule has 10 heteroatoms. The van der Waals surface area contributed by atoms with Gasteiger partial charge in [0.2, 0.25) is 0 Å². The second kappa shape index (κ2) is 17.0. The lowest BCUT2D eigenvalue weighted by molar-refractivity contribution is -0.158. The van der Waals surface area contributed by atoms with E-state index in [9.17, 15) is 14.4 Å². The number of methoxy groups -OCH3 is 1. The first kappa shape index (κ1) is 36.8. The zero-order valence-electron chi connectivity index (χ0n) is 26.5. The van der Waals surface area contributed by atoms with Gasteiger partial charge in [-0.1, -0.05) is 46.1 Å². The van der Waals surface area contributed by atoms with Crippen molar-refractivity contribution in [2.75, 3.05) is 7.11 Å². The molecule has 234 valence electrons. The Bertz CT molecular complexity index is 1070. The summed E-state index contributed by atoms with van der Waals surface area (Å²) in [5.41, 5.74) is 0.940. The number of rotatable bonds is 17. The molecule has 0 aromatic heterocycles. The van der Waals surface area contributed by atoms with Gasteiger partial charge in [0, 0.05) is 12.2 Å². The van der Waals surface area contributed by atoms with Crippen molar-refractivity contribution in [1.29, 1.82) is 0 Å². The zero-order valence-corrected chi connectivity index (χ0v) is 27.5. The highest BCUT2D eigenvalue weighted by Crippen LogP contribution is 2.38. The molecule has 0 aliphatic carbocycles. The van der Waals surface area contributed by atoms with Crippen LogP contribution in [0.5, 0.6) is 5.75 Å². The van der Waals surface area contributed by atoms with E-state index in [0.29, 0.717) is 6.61 Å². The molecule has 0 fully saturated rings. The average Bonchev–Trinajstić information content (AvgIpc) is 2.91. The van der Waals surface area contributed by atoms with Gasteiger partial charge in [-0.05, 0) is 68.8 Å². The minimum atomic E-state index is -2.28. The highest BCUT2D eigenvalue weighted by Gasteiger charge is 2.40. The van der Waals surface area contributed by atoms with Crippen molar-refractivity contribution in [3.63, 3.8) is 0 Å². The lowest BCUT2D eigenvalue weighted by atomic mass is 10.2. The summed E-state index contributed by atoms with van der Waals surface area (Å²) < 4.78 is 33.7. The molecule has 0 saturated heterocycles. The Kier molecular flexibility index (Phi) is 14.9. The third kappa shape index (κ3) is 12.8. The first-order valence-corrected chi connectivity index (χ1v) is 16.9. The Morgan fingerprint density at radius 1 is 0.905 bits per heavy atom. The van der Waals surface area contributed by atoms with Crippen LogP contribution in [0.2, 0.25) is 18.1 Å². The number of hydrogen-bond acceptors (Lipinski definition) is 9. The van der Waals surface area contributed by atoms with Crippen LogP contribution in [0.3, 0.4) is 0 Å². The maximum absolute atomic E-state index is 12.6. The van der Waals surface area contributed by atoms with E-state index in [0.717, 1.165) is 17.4 Å². The van der Waals surface area contributed by atoms with E-state index in [1.165, 1.54) is 18.2 Å². The average molecular weight is 605 g/mol. The van der Waals surface area contributed by atoms with Crippen molar-refractivity contribution < 1.29 is 42.5 Å². The molecule has 0 heterocycles. The number of hydrogen-bond donors (Lipinski definition) is 0. The lowest BCUT2D eigenvalue weighted by Crippen LogP contribution is -2.46. The van der Waals surface area contributed by atoms with Gasteiger partial charge in [-0.25, -0.2) is 9.59 Å². The predicted molar refractivity (Wildman–Crippen MR) is 164 cm³/mol. The molecule has 1 aromatic rings. The van der Waals surface area contributed by atoms with E-state index in [1.807, 2.05) is 24.3 Å². The monoisotopic (exact) mass is 604 g/mol. The van der Waals surface area contributed by atoms with Crippen LogP contribution in [-0.2, 0) is 44.4 Å². The van der Waals surface area contributed by atoms with E-state index < -0.39 is 56.7 Å². The van der Waals surface area contributed by atoms with Crippen LogP contribution in [0.25, 0.3) is 0 Å². The van der Waals surface area contributed by atoms with Crippen LogP contribution in [-0.4, -0.2) is 63.9 Å². The molecule has 0 spiro atoms. The van der Waals surface area contributed by atoms with Crippen molar-refractivity contribution >= 4 is 26.2 Å². The maximum atomic E-state index is 12.6. The van der Waals surface area contributed by atoms with Crippen molar-refractivity contribution in [3.8, 4) is 5.75 Å². The van der Waals surface area contributed by atoms with E-state index in [1.54, 1.807) is 27.9 Å². The molecule has 1 rings (SSSR count). The molecule has 5 atom stereocenters. The summed E-state index contributed by atoms with van der Waals surface area (Å²) in [6.07, 6.45) is 1.89. The molecule has 42 heavy (non-hydrogen) atoms. The molecule has 0 aliphatic rings. The summed E-state index contributed by atoms with van der Waals surface area (Å²) in [4.78, 5) is 36.9. The molecule has 9 nitrogen and oxygen atoms in total. The minimum Gasteiger partial charge on any atom is -0.497 e. The third-order valence-electron chi connectivity index (χ3n) is 7.00. The van der Waals surface area contributed by atoms with E-state index in [-0.39, 0.29) is 11.5 Å². The molecule has 0 bridgehead atoms. The first-order chi connectivity index (χ1) is 19.5. The summed E-state index contributed by atoms with van der Waals surface area (Å²) >= 11 is 0. The SMILES string of the molecule is C=CC(=O)O[C@@H](C)[C@@H](/C=C/C(=O)O[C@H](C)CC(=O)O[C@H](C=C)[C@H](C)OCc1ccc(OC)cc1)O[Si](C)(C)C(C)(C)C. The van der Waals surface area contributed by atoms with Gasteiger partial charge in [-0.15, -0.1) is 0 Å². The Labute approximate surface area is 252 Å². The highest BCUT2D eigenvalue weighted by atomic mass is 28.4. The standard InChI is InChI=1S/C32H48O9Si/c1-12-27(23(4)37-21-25-14-16-26(36-9)17-15-25)40-31(35)20-22(3)38-30(34)19-18-28(24(5)39-29(33)13-2)41-42(10,11)32(6,7)8/h12-19,22-24,27-28H,1-2,20-21H2,3-11H3/b19-18+/t22-,23+,24+,27-,28-/m1/s1. The van der Waals surface area contributed by atoms with Gasteiger partial charge in [0.1, 0.15) is 30.2 Å². The molecule has 0 N–H and O–H groups in total. The molecule has 0 saturated carbocycles. The second-order valence-corrected chi connectivity index (χ2v) is 16.3. The Morgan fingerprint density at radius 3 is 2.05 bits per heavy atom. The fraction of sp³-hybridized carbons (Fsp3) is 0.531.